The van der Waals surface area contributed by atoms with Crippen LogP contribution in [-0.2, 0) is 19.1 Å². The van der Waals surface area contributed by atoms with Gasteiger partial charge in [0, 0.05) is 30.1 Å². The van der Waals surface area contributed by atoms with Crippen molar-refractivity contribution in [1.29, 1.82) is 0 Å². The zero-order valence-corrected chi connectivity index (χ0v) is 22.1. The summed E-state index contributed by atoms with van der Waals surface area (Å²) in [6.45, 7) is 15.1. The number of ether oxygens (including phenoxy) is 2. The van der Waals surface area contributed by atoms with Gasteiger partial charge in [-0.25, -0.2) is 0 Å². The highest BCUT2D eigenvalue weighted by molar-refractivity contribution is 5.86. The minimum atomic E-state index is -0.866. The van der Waals surface area contributed by atoms with Crippen molar-refractivity contribution in [1.82, 2.24) is 0 Å². The van der Waals surface area contributed by atoms with E-state index >= 15 is 0 Å². The molecule has 0 unspecified atom stereocenters. The number of Topliss-reactive ketones (excluding diaryl/α,β-unsaturated/α-hetero) is 1. The van der Waals surface area contributed by atoms with Crippen molar-refractivity contribution in [2.24, 2.45) is 45.3 Å². The molecule has 1 aliphatic heterocycles. The van der Waals surface area contributed by atoms with Crippen molar-refractivity contribution in [2.45, 2.75) is 112 Å². The van der Waals surface area contributed by atoms with E-state index in [1.54, 1.807) is 0 Å². The average Bonchev–Trinajstić information content (AvgIpc) is 3.06. The number of ketones is 1. The minimum Gasteiger partial charge on any atom is -0.462 e. The summed E-state index contributed by atoms with van der Waals surface area (Å²) in [6, 6.07) is 0. The molecule has 5 nitrogen and oxygen atoms in total. The van der Waals surface area contributed by atoms with Crippen LogP contribution in [0.15, 0.2) is 11.6 Å². The van der Waals surface area contributed by atoms with Crippen molar-refractivity contribution in [3.8, 4) is 0 Å². The van der Waals surface area contributed by atoms with Gasteiger partial charge in [-0.15, -0.1) is 0 Å². The topological polar surface area (TPSA) is 72.8 Å². The molecule has 4 aliphatic carbocycles. The van der Waals surface area contributed by atoms with Crippen LogP contribution in [0.2, 0.25) is 0 Å². The van der Waals surface area contributed by atoms with Crippen LogP contribution in [0.1, 0.15) is 93.4 Å². The molecule has 0 radical (unpaired) electrons. The highest BCUT2D eigenvalue weighted by Crippen LogP contribution is 2.74. The first-order chi connectivity index (χ1) is 15.8. The van der Waals surface area contributed by atoms with Gasteiger partial charge < -0.3 is 14.6 Å². The molecule has 0 aromatic heterocycles. The van der Waals surface area contributed by atoms with Gasteiger partial charge in [-0.2, -0.15) is 0 Å². The summed E-state index contributed by atoms with van der Waals surface area (Å²) < 4.78 is 12.1. The van der Waals surface area contributed by atoms with Gasteiger partial charge in [-0.05, 0) is 79.6 Å². The molecule has 5 heteroatoms. The third kappa shape index (κ3) is 2.92. The van der Waals surface area contributed by atoms with E-state index in [0.29, 0.717) is 24.0 Å². The van der Waals surface area contributed by atoms with E-state index in [9.17, 15) is 14.7 Å². The van der Waals surface area contributed by atoms with Crippen LogP contribution in [0, 0.1) is 45.3 Å². The van der Waals surface area contributed by atoms with Gasteiger partial charge in [0.25, 0.3) is 0 Å². The summed E-state index contributed by atoms with van der Waals surface area (Å²) in [5.41, 5.74) is 0.614. The number of hydrogen-bond acceptors (Lipinski definition) is 5. The Morgan fingerprint density at radius 3 is 2.47 bits per heavy atom. The lowest BCUT2D eigenvalue weighted by Crippen LogP contribution is -2.68. The van der Waals surface area contributed by atoms with Gasteiger partial charge in [-0.3, -0.25) is 9.59 Å². The third-order valence-corrected chi connectivity index (χ3v) is 12.1. The van der Waals surface area contributed by atoms with Gasteiger partial charge in [0.1, 0.15) is 11.9 Å². The van der Waals surface area contributed by atoms with Crippen molar-refractivity contribution >= 4 is 11.8 Å². The standard InChI is InChI=1S/C29H44O5/c1-8-26(4)19-11-13-28(6)20-10-9-18-16(2)33-25(32)24(18)29(20,7)23(34-17(3)30)15-21(28)27(19,5)14-12-22(26)31/h9,16,19-21,23-25,32H,8,10-15H2,1-7H3/t16-,19-,20-,21+,23-,24+,25+,26+,27-,28-,29+/m0/s1. The number of hydrogen-bond donors (Lipinski definition) is 1. The number of rotatable bonds is 2. The highest BCUT2D eigenvalue weighted by Gasteiger charge is 2.71. The predicted molar refractivity (Wildman–Crippen MR) is 130 cm³/mol. The number of aliphatic hydroxyl groups excluding tert-OH is 1. The minimum absolute atomic E-state index is 0.0352. The van der Waals surface area contributed by atoms with Crippen molar-refractivity contribution < 1.29 is 24.2 Å². The van der Waals surface area contributed by atoms with E-state index in [4.69, 9.17) is 9.47 Å². The first-order valence-corrected chi connectivity index (χ1v) is 13.6. The lowest BCUT2D eigenvalue weighted by molar-refractivity contribution is -0.252. The summed E-state index contributed by atoms with van der Waals surface area (Å²) in [4.78, 5) is 25.5. The van der Waals surface area contributed by atoms with Crippen LogP contribution in [0.25, 0.3) is 0 Å². The molecule has 190 valence electrons. The van der Waals surface area contributed by atoms with Crippen LogP contribution in [0.4, 0.5) is 0 Å². The molecule has 0 aromatic rings. The Morgan fingerprint density at radius 1 is 1.15 bits per heavy atom. The van der Waals surface area contributed by atoms with E-state index in [-0.39, 0.29) is 51.7 Å². The summed E-state index contributed by atoms with van der Waals surface area (Å²) in [5, 5.41) is 11.1. The molecule has 1 saturated heterocycles. The summed E-state index contributed by atoms with van der Waals surface area (Å²) in [6.07, 6.45) is 7.43. The maximum absolute atomic E-state index is 13.1. The average molecular weight is 473 g/mol. The number of carbonyl (C=O) groups excluding carboxylic acids is 2. The Labute approximate surface area is 205 Å². The normalized spacial score (nSPS) is 54.3. The number of carbonyl (C=O) groups is 2. The van der Waals surface area contributed by atoms with Gasteiger partial charge in [0.05, 0.1) is 6.10 Å². The number of allylic oxidation sites excluding steroid dienone is 1. The Morgan fingerprint density at radius 2 is 1.82 bits per heavy atom. The number of aliphatic hydroxyl groups is 1. The largest absolute Gasteiger partial charge is 0.462 e. The zero-order chi connectivity index (χ0) is 24.8. The maximum Gasteiger partial charge on any atom is 0.302 e. The molecule has 5 rings (SSSR count). The van der Waals surface area contributed by atoms with Crippen LogP contribution >= 0.6 is 0 Å². The third-order valence-electron chi connectivity index (χ3n) is 12.1. The molecule has 34 heavy (non-hydrogen) atoms. The van der Waals surface area contributed by atoms with Crippen molar-refractivity contribution in [2.75, 3.05) is 0 Å². The molecule has 0 bridgehead atoms. The molecule has 0 aromatic carbocycles. The Bertz CT molecular complexity index is 925. The van der Waals surface area contributed by atoms with Gasteiger partial charge in [0.2, 0.25) is 0 Å². The van der Waals surface area contributed by atoms with E-state index in [1.165, 1.54) is 12.5 Å². The van der Waals surface area contributed by atoms with Crippen LogP contribution in [0.3, 0.4) is 0 Å². The molecule has 3 saturated carbocycles. The van der Waals surface area contributed by atoms with Gasteiger partial charge >= 0.3 is 5.97 Å². The molecule has 5 aliphatic rings. The fraction of sp³-hybridized carbons (Fsp3) is 0.862. The fourth-order valence-corrected chi connectivity index (χ4v) is 10.3. The Kier molecular flexibility index (Phi) is 5.51. The molecular formula is C29H44O5. The molecule has 11 atom stereocenters. The van der Waals surface area contributed by atoms with Crippen LogP contribution < -0.4 is 0 Å². The van der Waals surface area contributed by atoms with Gasteiger partial charge in [0.15, 0.2) is 6.29 Å². The van der Waals surface area contributed by atoms with E-state index in [0.717, 1.165) is 38.5 Å². The van der Waals surface area contributed by atoms with Crippen molar-refractivity contribution in [3.63, 3.8) is 0 Å². The predicted octanol–water partition coefficient (Wildman–Crippen LogP) is 5.45. The van der Waals surface area contributed by atoms with Crippen LogP contribution in [-0.4, -0.2) is 35.4 Å². The van der Waals surface area contributed by atoms with Crippen molar-refractivity contribution in [3.05, 3.63) is 11.6 Å². The lowest BCUT2D eigenvalue weighted by atomic mass is 9.34. The number of esters is 1. The highest BCUT2D eigenvalue weighted by atomic mass is 16.6. The van der Waals surface area contributed by atoms with E-state index < -0.39 is 6.29 Å². The molecule has 0 amide bonds. The molecular weight excluding hydrogens is 428 g/mol. The smallest absolute Gasteiger partial charge is 0.302 e. The van der Waals surface area contributed by atoms with Crippen LogP contribution in [0.5, 0.6) is 0 Å². The number of fused-ring (bicyclic) bond motifs is 7. The monoisotopic (exact) mass is 472 g/mol. The first-order valence-electron chi connectivity index (χ1n) is 13.6. The maximum atomic E-state index is 13.1. The SMILES string of the molecule is CC[C@@]1(C)C(=O)CC[C@]2(C)[C@H]3C[C@H](OC(C)=O)[C@]4(C)[C@@H]5C(=CC[C@H]4[C@]3(C)CC[C@H]21)[C@H](C)O[C@H]5O. The molecule has 0 spiro atoms. The zero-order valence-electron chi connectivity index (χ0n) is 22.1. The fourth-order valence-electron chi connectivity index (χ4n) is 10.3. The molecule has 1 heterocycles. The Hall–Kier alpha value is -1.20. The molecule has 1 N–H and O–H groups in total. The summed E-state index contributed by atoms with van der Waals surface area (Å²) in [7, 11) is 0. The summed E-state index contributed by atoms with van der Waals surface area (Å²) >= 11 is 0. The second-order valence-electron chi connectivity index (χ2n) is 13.2. The second-order valence-corrected chi connectivity index (χ2v) is 13.2. The van der Waals surface area contributed by atoms with E-state index in [1.807, 2.05) is 6.92 Å². The Balaban J connectivity index is 1.63. The first kappa shape index (κ1) is 24.5. The van der Waals surface area contributed by atoms with Gasteiger partial charge in [-0.1, -0.05) is 40.7 Å². The summed E-state index contributed by atoms with van der Waals surface area (Å²) in [5.74, 6) is 1.05. The second kappa shape index (κ2) is 7.65. The molecule has 4 fully saturated rings. The lowest BCUT2D eigenvalue weighted by Gasteiger charge is -2.70. The quantitative estimate of drug-likeness (QED) is 0.428. The van der Waals surface area contributed by atoms with E-state index in [2.05, 4.69) is 40.7 Å².